The van der Waals surface area contributed by atoms with Gasteiger partial charge in [-0.15, -0.1) is 0 Å². The molecule has 1 heterocycles. The smallest absolute Gasteiger partial charge is 0.399 e. The van der Waals surface area contributed by atoms with Gasteiger partial charge in [-0.3, -0.25) is 4.90 Å². The molecule has 128 valence electrons. The number of hydrogen-bond donors (Lipinski definition) is 1. The molecule has 0 aromatic heterocycles. The Balaban J connectivity index is 1.65. The minimum absolute atomic E-state index is 0.145. The second kappa shape index (κ2) is 6.73. The largest absolute Gasteiger partial charge is 0.416 e. The highest BCUT2D eigenvalue weighted by Crippen LogP contribution is 2.34. The summed E-state index contributed by atoms with van der Waals surface area (Å²) in [5.41, 5.74) is 6.90. The molecule has 0 saturated carbocycles. The molecular weight excluding hydrogens is 315 g/mol. The van der Waals surface area contributed by atoms with Gasteiger partial charge in [0.1, 0.15) is 0 Å². The molecule has 0 aliphatic carbocycles. The third kappa shape index (κ3) is 4.00. The SMILES string of the molecule is Nc1cc(N2CCN(Cc3ccccc3)CC2)cc(C(F)(F)F)c1. The van der Waals surface area contributed by atoms with Crippen LogP contribution in [-0.4, -0.2) is 31.1 Å². The van der Waals surface area contributed by atoms with Crippen molar-refractivity contribution in [2.24, 2.45) is 0 Å². The summed E-state index contributed by atoms with van der Waals surface area (Å²) < 4.78 is 38.8. The van der Waals surface area contributed by atoms with Gasteiger partial charge in [-0.25, -0.2) is 0 Å². The summed E-state index contributed by atoms with van der Waals surface area (Å²) >= 11 is 0. The van der Waals surface area contributed by atoms with Crippen LogP contribution in [-0.2, 0) is 12.7 Å². The van der Waals surface area contributed by atoms with Crippen LogP contribution in [0.4, 0.5) is 24.5 Å². The van der Waals surface area contributed by atoms with E-state index in [-0.39, 0.29) is 5.69 Å². The Bertz CT molecular complexity index is 678. The highest BCUT2D eigenvalue weighted by Gasteiger charge is 2.31. The number of nitrogens with two attached hydrogens (primary N) is 1. The number of nitrogen functional groups attached to an aromatic ring is 1. The van der Waals surface area contributed by atoms with Crippen LogP contribution in [0.3, 0.4) is 0 Å². The molecule has 0 unspecified atom stereocenters. The topological polar surface area (TPSA) is 32.5 Å². The zero-order chi connectivity index (χ0) is 17.2. The first kappa shape index (κ1) is 16.6. The molecule has 2 aromatic rings. The molecule has 0 radical (unpaired) electrons. The molecule has 1 aliphatic rings. The van der Waals surface area contributed by atoms with E-state index in [1.807, 2.05) is 23.1 Å². The van der Waals surface area contributed by atoms with Crippen molar-refractivity contribution in [3.05, 3.63) is 59.7 Å². The maximum absolute atomic E-state index is 12.9. The van der Waals surface area contributed by atoms with Crippen molar-refractivity contribution in [1.82, 2.24) is 4.90 Å². The molecule has 1 aliphatic heterocycles. The van der Waals surface area contributed by atoms with Crippen molar-refractivity contribution in [2.75, 3.05) is 36.8 Å². The van der Waals surface area contributed by atoms with Gasteiger partial charge < -0.3 is 10.6 Å². The van der Waals surface area contributed by atoms with Gasteiger partial charge >= 0.3 is 6.18 Å². The maximum atomic E-state index is 12.9. The summed E-state index contributed by atoms with van der Waals surface area (Å²) in [6, 6.07) is 14.0. The summed E-state index contributed by atoms with van der Waals surface area (Å²) in [4.78, 5) is 4.27. The van der Waals surface area contributed by atoms with Crippen molar-refractivity contribution < 1.29 is 13.2 Å². The molecule has 2 aromatic carbocycles. The second-order valence-electron chi connectivity index (χ2n) is 6.06. The van der Waals surface area contributed by atoms with Gasteiger partial charge in [0.25, 0.3) is 0 Å². The summed E-state index contributed by atoms with van der Waals surface area (Å²) in [5.74, 6) is 0. The van der Waals surface area contributed by atoms with E-state index in [9.17, 15) is 13.2 Å². The monoisotopic (exact) mass is 335 g/mol. The number of benzene rings is 2. The van der Waals surface area contributed by atoms with Crippen LogP contribution in [0.5, 0.6) is 0 Å². The molecular formula is C18H20F3N3. The van der Waals surface area contributed by atoms with Crippen molar-refractivity contribution in [2.45, 2.75) is 12.7 Å². The zero-order valence-corrected chi connectivity index (χ0v) is 13.3. The van der Waals surface area contributed by atoms with E-state index in [1.54, 1.807) is 6.07 Å². The first-order valence-electron chi connectivity index (χ1n) is 7.91. The van der Waals surface area contributed by atoms with Crippen LogP contribution in [0.2, 0.25) is 0 Å². The van der Waals surface area contributed by atoms with Crippen molar-refractivity contribution in [1.29, 1.82) is 0 Å². The molecule has 1 fully saturated rings. The Morgan fingerprint density at radius 2 is 1.58 bits per heavy atom. The van der Waals surface area contributed by atoms with E-state index in [1.165, 1.54) is 11.6 Å². The summed E-state index contributed by atoms with van der Waals surface area (Å²) in [6.45, 7) is 3.86. The second-order valence-corrected chi connectivity index (χ2v) is 6.06. The number of alkyl halides is 3. The normalized spacial score (nSPS) is 16.4. The molecule has 0 amide bonds. The van der Waals surface area contributed by atoms with Crippen LogP contribution in [0.1, 0.15) is 11.1 Å². The van der Waals surface area contributed by atoms with Crippen molar-refractivity contribution in [3.63, 3.8) is 0 Å². The van der Waals surface area contributed by atoms with Crippen molar-refractivity contribution in [3.8, 4) is 0 Å². The van der Waals surface area contributed by atoms with Crippen LogP contribution in [0, 0.1) is 0 Å². The average molecular weight is 335 g/mol. The number of anilines is 2. The number of rotatable bonds is 3. The summed E-state index contributed by atoms with van der Waals surface area (Å²) in [6.07, 6.45) is -4.38. The Labute approximate surface area is 139 Å². The van der Waals surface area contributed by atoms with Crippen LogP contribution in [0.25, 0.3) is 0 Å². The molecule has 3 nitrogen and oxygen atoms in total. The lowest BCUT2D eigenvalue weighted by atomic mass is 10.1. The Hall–Kier alpha value is -2.21. The number of piperazine rings is 1. The van der Waals surface area contributed by atoms with E-state index in [0.29, 0.717) is 18.8 Å². The first-order chi connectivity index (χ1) is 11.4. The fourth-order valence-corrected chi connectivity index (χ4v) is 2.99. The van der Waals surface area contributed by atoms with Crippen LogP contribution < -0.4 is 10.6 Å². The van der Waals surface area contributed by atoms with E-state index in [4.69, 9.17) is 5.73 Å². The lowest BCUT2D eigenvalue weighted by Crippen LogP contribution is -2.46. The predicted molar refractivity (Wildman–Crippen MR) is 89.8 cm³/mol. The van der Waals surface area contributed by atoms with E-state index >= 15 is 0 Å². The van der Waals surface area contributed by atoms with Gasteiger partial charge in [-0.1, -0.05) is 30.3 Å². The fourth-order valence-electron chi connectivity index (χ4n) is 2.99. The number of hydrogen-bond acceptors (Lipinski definition) is 3. The highest BCUT2D eigenvalue weighted by molar-refractivity contribution is 5.59. The predicted octanol–water partition coefficient (Wildman–Crippen LogP) is 3.61. The zero-order valence-electron chi connectivity index (χ0n) is 13.3. The first-order valence-corrected chi connectivity index (χ1v) is 7.91. The Morgan fingerprint density at radius 3 is 2.21 bits per heavy atom. The van der Waals surface area contributed by atoms with E-state index in [2.05, 4.69) is 17.0 Å². The van der Waals surface area contributed by atoms with Gasteiger partial charge in [-0.2, -0.15) is 13.2 Å². The third-order valence-corrected chi connectivity index (χ3v) is 4.25. The molecule has 2 N–H and O–H groups in total. The Kier molecular flexibility index (Phi) is 4.66. The van der Waals surface area contributed by atoms with Crippen LogP contribution in [0.15, 0.2) is 48.5 Å². The van der Waals surface area contributed by atoms with Gasteiger partial charge in [-0.05, 0) is 23.8 Å². The third-order valence-electron chi connectivity index (χ3n) is 4.25. The lowest BCUT2D eigenvalue weighted by molar-refractivity contribution is -0.137. The molecule has 3 rings (SSSR count). The van der Waals surface area contributed by atoms with Crippen molar-refractivity contribution >= 4 is 11.4 Å². The molecule has 6 heteroatoms. The molecule has 24 heavy (non-hydrogen) atoms. The minimum Gasteiger partial charge on any atom is -0.399 e. The minimum atomic E-state index is -4.38. The van der Waals surface area contributed by atoms with Crippen LogP contribution >= 0.6 is 0 Å². The number of halogens is 3. The van der Waals surface area contributed by atoms with E-state index in [0.717, 1.165) is 25.7 Å². The van der Waals surface area contributed by atoms with Gasteiger partial charge in [0.05, 0.1) is 5.56 Å². The summed E-state index contributed by atoms with van der Waals surface area (Å²) in [7, 11) is 0. The fraction of sp³-hybridized carbons (Fsp3) is 0.333. The quantitative estimate of drug-likeness (QED) is 0.870. The maximum Gasteiger partial charge on any atom is 0.416 e. The number of nitrogens with zero attached hydrogens (tertiary/aromatic N) is 2. The summed E-state index contributed by atoms with van der Waals surface area (Å²) in [5, 5.41) is 0. The average Bonchev–Trinajstić information content (AvgIpc) is 2.55. The Morgan fingerprint density at radius 1 is 0.917 bits per heavy atom. The van der Waals surface area contributed by atoms with Gasteiger partial charge in [0.15, 0.2) is 0 Å². The highest BCUT2D eigenvalue weighted by atomic mass is 19.4. The standard InChI is InChI=1S/C18H20F3N3/c19-18(20,21)15-10-16(22)12-17(11-15)24-8-6-23(7-9-24)13-14-4-2-1-3-5-14/h1-5,10-12H,6-9,13,22H2. The van der Waals surface area contributed by atoms with E-state index < -0.39 is 11.7 Å². The molecule has 0 bridgehead atoms. The molecule has 1 saturated heterocycles. The molecule has 0 spiro atoms. The molecule has 0 atom stereocenters. The lowest BCUT2D eigenvalue weighted by Gasteiger charge is -2.36. The van der Waals surface area contributed by atoms with Gasteiger partial charge in [0.2, 0.25) is 0 Å². The van der Waals surface area contributed by atoms with Gasteiger partial charge in [0, 0.05) is 44.1 Å².